The van der Waals surface area contributed by atoms with Crippen molar-refractivity contribution in [2.75, 3.05) is 49.7 Å². The number of amides is 1. The van der Waals surface area contributed by atoms with Crippen molar-refractivity contribution in [2.45, 2.75) is 37.8 Å². The number of piperazine rings is 1. The summed E-state index contributed by atoms with van der Waals surface area (Å²) in [6, 6.07) is 0.209. The molecule has 16 heteroatoms. The Hall–Kier alpha value is -3.56. The van der Waals surface area contributed by atoms with Gasteiger partial charge in [-0.3, -0.25) is 9.59 Å². The predicted octanol–water partition coefficient (Wildman–Crippen LogP) is 2.52. The molecule has 0 bridgehead atoms. The summed E-state index contributed by atoms with van der Waals surface area (Å²) >= 11 is 0. The highest BCUT2D eigenvalue weighted by Crippen LogP contribution is 2.36. The van der Waals surface area contributed by atoms with Crippen molar-refractivity contribution in [3.8, 4) is 5.88 Å². The van der Waals surface area contributed by atoms with Crippen LogP contribution in [0.1, 0.15) is 24.6 Å². The molecule has 1 unspecified atom stereocenters. The zero-order chi connectivity index (χ0) is 27.7. The van der Waals surface area contributed by atoms with Crippen LogP contribution < -0.4 is 20.5 Å². The fourth-order valence-electron chi connectivity index (χ4n) is 4.24. The van der Waals surface area contributed by atoms with E-state index in [1.807, 2.05) is 4.98 Å². The van der Waals surface area contributed by atoms with Crippen LogP contribution in [-0.2, 0) is 21.9 Å². The van der Waals surface area contributed by atoms with Crippen molar-refractivity contribution >= 4 is 17.4 Å². The maximum absolute atomic E-state index is 13.2. The number of rotatable bonds is 7. The molecule has 1 saturated heterocycles. The summed E-state index contributed by atoms with van der Waals surface area (Å²) < 4.78 is 89.0. The molecule has 0 radical (unpaired) electrons. The molecule has 10 nitrogen and oxygen atoms in total. The van der Waals surface area contributed by atoms with Gasteiger partial charge in [-0.2, -0.15) is 26.3 Å². The number of alkyl halides is 6. The second-order valence-corrected chi connectivity index (χ2v) is 8.84. The molecule has 1 amide bonds. The topological polar surface area (TPSA) is 113 Å². The van der Waals surface area contributed by atoms with Crippen LogP contribution in [0, 0.1) is 0 Å². The Labute approximate surface area is 211 Å². The first-order valence-corrected chi connectivity index (χ1v) is 11.6. The molecule has 2 aromatic heterocycles. The van der Waals surface area contributed by atoms with E-state index in [9.17, 15) is 35.9 Å². The van der Waals surface area contributed by atoms with Gasteiger partial charge in [-0.1, -0.05) is 0 Å². The minimum Gasteiger partial charge on any atom is -0.473 e. The van der Waals surface area contributed by atoms with Gasteiger partial charge in [-0.05, 0) is 13.0 Å². The van der Waals surface area contributed by atoms with Crippen molar-refractivity contribution in [3.63, 3.8) is 0 Å². The van der Waals surface area contributed by atoms with E-state index >= 15 is 0 Å². The fraction of sp³-hybridized carbons (Fsp3) is 0.545. The minimum atomic E-state index is -4.84. The molecule has 2 aromatic rings. The average molecular weight is 550 g/mol. The molecule has 4 heterocycles. The molecular weight excluding hydrogens is 526 g/mol. The van der Waals surface area contributed by atoms with Crippen molar-refractivity contribution in [3.05, 3.63) is 40.1 Å². The normalized spacial score (nSPS) is 18.3. The molecule has 2 N–H and O–H groups in total. The Morgan fingerprint density at radius 3 is 2.74 bits per heavy atom. The SMILES string of the molecule is C[C@@H](COCCC(=O)N1CCN2c3ncc(C(F)(F)F)nc3OCC2C1)Nc1cc[nH]c(=O)c1C(F)(F)F. The second-order valence-electron chi connectivity index (χ2n) is 8.84. The van der Waals surface area contributed by atoms with Gasteiger partial charge >= 0.3 is 12.4 Å². The lowest BCUT2D eigenvalue weighted by Crippen LogP contribution is -2.58. The van der Waals surface area contributed by atoms with E-state index in [1.165, 1.54) is 0 Å². The molecule has 2 aliphatic rings. The van der Waals surface area contributed by atoms with Crippen LogP contribution in [0.15, 0.2) is 23.3 Å². The highest BCUT2D eigenvalue weighted by atomic mass is 19.4. The first kappa shape index (κ1) is 27.5. The summed E-state index contributed by atoms with van der Waals surface area (Å²) in [4.78, 5) is 37.0. The number of nitrogens with zero attached hydrogens (tertiary/aromatic N) is 4. The molecule has 0 aliphatic carbocycles. The Kier molecular flexibility index (Phi) is 7.71. The summed E-state index contributed by atoms with van der Waals surface area (Å²) in [7, 11) is 0. The summed E-state index contributed by atoms with van der Waals surface area (Å²) in [5.41, 5.74) is -4.11. The Balaban J connectivity index is 1.24. The summed E-state index contributed by atoms with van der Waals surface area (Å²) in [6.07, 6.45) is -7.71. The van der Waals surface area contributed by atoms with Crippen LogP contribution in [0.3, 0.4) is 0 Å². The van der Waals surface area contributed by atoms with Gasteiger partial charge in [0.15, 0.2) is 11.5 Å². The number of pyridine rings is 1. The quantitative estimate of drug-likeness (QED) is 0.400. The number of anilines is 2. The Morgan fingerprint density at radius 1 is 1.26 bits per heavy atom. The monoisotopic (exact) mass is 550 g/mol. The second kappa shape index (κ2) is 10.7. The number of H-pyrrole nitrogens is 1. The number of carbonyl (C=O) groups is 1. The van der Waals surface area contributed by atoms with Gasteiger partial charge in [-0.25, -0.2) is 9.97 Å². The molecule has 208 valence electrons. The zero-order valence-electron chi connectivity index (χ0n) is 20.0. The van der Waals surface area contributed by atoms with Crippen LogP contribution in [0.25, 0.3) is 0 Å². The first-order chi connectivity index (χ1) is 17.8. The molecule has 2 aliphatic heterocycles. The summed E-state index contributed by atoms with van der Waals surface area (Å²) in [5.74, 6) is -0.224. The van der Waals surface area contributed by atoms with Crippen molar-refractivity contribution in [1.29, 1.82) is 0 Å². The highest BCUT2D eigenvalue weighted by molar-refractivity contribution is 5.76. The Bertz CT molecular complexity index is 1220. The van der Waals surface area contributed by atoms with E-state index in [-0.39, 0.29) is 62.1 Å². The molecule has 0 spiro atoms. The maximum atomic E-state index is 13.2. The predicted molar refractivity (Wildman–Crippen MR) is 121 cm³/mol. The highest BCUT2D eigenvalue weighted by Gasteiger charge is 2.40. The number of aromatic amines is 1. The molecule has 0 saturated carbocycles. The lowest BCUT2D eigenvalue weighted by Gasteiger charge is -2.44. The van der Waals surface area contributed by atoms with Gasteiger partial charge < -0.3 is 29.6 Å². The molecule has 2 atom stereocenters. The van der Waals surface area contributed by atoms with Gasteiger partial charge in [-0.15, -0.1) is 0 Å². The number of hydrogen-bond acceptors (Lipinski definition) is 8. The fourth-order valence-corrected chi connectivity index (χ4v) is 4.24. The number of aromatic nitrogens is 3. The van der Waals surface area contributed by atoms with Crippen molar-refractivity contribution in [2.24, 2.45) is 0 Å². The number of ether oxygens (including phenoxy) is 2. The van der Waals surface area contributed by atoms with E-state index in [1.54, 1.807) is 16.7 Å². The van der Waals surface area contributed by atoms with E-state index in [4.69, 9.17) is 9.47 Å². The molecule has 1 fully saturated rings. The maximum Gasteiger partial charge on any atom is 0.435 e. The van der Waals surface area contributed by atoms with E-state index in [0.717, 1.165) is 12.3 Å². The smallest absolute Gasteiger partial charge is 0.435 e. The third-order valence-corrected chi connectivity index (χ3v) is 6.01. The first-order valence-electron chi connectivity index (χ1n) is 11.6. The third kappa shape index (κ3) is 6.11. The van der Waals surface area contributed by atoms with Gasteiger partial charge in [0.25, 0.3) is 11.4 Å². The minimum absolute atomic E-state index is 0.0161. The number of carbonyl (C=O) groups excluding carboxylic acids is 1. The number of fused-ring (bicyclic) bond motifs is 3. The van der Waals surface area contributed by atoms with Gasteiger partial charge in [0.1, 0.15) is 12.2 Å². The van der Waals surface area contributed by atoms with Crippen LogP contribution in [-0.4, -0.2) is 77.3 Å². The van der Waals surface area contributed by atoms with Gasteiger partial charge in [0.05, 0.1) is 37.6 Å². The van der Waals surface area contributed by atoms with Crippen LogP contribution >= 0.6 is 0 Å². The average Bonchev–Trinajstić information content (AvgIpc) is 2.84. The molecule has 0 aromatic carbocycles. The van der Waals surface area contributed by atoms with Crippen molar-refractivity contribution in [1.82, 2.24) is 19.9 Å². The van der Waals surface area contributed by atoms with E-state index < -0.39 is 35.2 Å². The lowest BCUT2D eigenvalue weighted by molar-refractivity contribution is -0.142. The van der Waals surface area contributed by atoms with Gasteiger partial charge in [0, 0.05) is 31.9 Å². The molecule has 38 heavy (non-hydrogen) atoms. The van der Waals surface area contributed by atoms with Crippen LogP contribution in [0.4, 0.5) is 37.8 Å². The number of halogens is 6. The number of hydrogen-bond donors (Lipinski definition) is 2. The molecular formula is C22H24F6N6O4. The Morgan fingerprint density at radius 2 is 2.03 bits per heavy atom. The third-order valence-electron chi connectivity index (χ3n) is 6.01. The van der Waals surface area contributed by atoms with Crippen LogP contribution in [0.5, 0.6) is 5.88 Å². The summed E-state index contributed by atoms with van der Waals surface area (Å²) in [5, 5.41) is 2.61. The largest absolute Gasteiger partial charge is 0.473 e. The summed E-state index contributed by atoms with van der Waals surface area (Å²) in [6.45, 7) is 2.50. The molecule has 4 rings (SSSR count). The van der Waals surface area contributed by atoms with Crippen LogP contribution in [0.2, 0.25) is 0 Å². The van der Waals surface area contributed by atoms with Gasteiger partial charge in [0.2, 0.25) is 5.91 Å². The van der Waals surface area contributed by atoms with E-state index in [0.29, 0.717) is 19.3 Å². The lowest BCUT2D eigenvalue weighted by atomic mass is 10.1. The zero-order valence-corrected chi connectivity index (χ0v) is 20.0. The van der Waals surface area contributed by atoms with E-state index in [2.05, 4.69) is 15.3 Å². The standard InChI is InChI=1S/C22H24F6N6O4/c1-12(31-14-2-4-29-19(36)17(14)22(26,27)28)10-37-7-3-16(35)33-5-6-34-13(9-33)11-38-20-18(34)30-8-15(32-20)21(23,24)25/h2,4,8,12-13H,3,5-7,9-11H2,1H3,(H2,29,31,36)/t12-,13?/m0/s1. The van der Waals surface area contributed by atoms with Crippen molar-refractivity contribution < 1.29 is 40.6 Å². The number of nitrogens with one attached hydrogen (secondary N) is 2.